The van der Waals surface area contributed by atoms with Gasteiger partial charge in [-0.1, -0.05) is 12.1 Å². The van der Waals surface area contributed by atoms with Gasteiger partial charge in [0.2, 0.25) is 5.95 Å². The van der Waals surface area contributed by atoms with E-state index in [1.54, 1.807) is 12.4 Å². The number of nitrogens with zero attached hydrogens (tertiary/aromatic N) is 6. The third kappa shape index (κ3) is 3.65. The first-order valence-electron chi connectivity index (χ1n) is 9.22. The Bertz CT molecular complexity index is 970. The van der Waals surface area contributed by atoms with Crippen LogP contribution in [0.1, 0.15) is 11.1 Å². The van der Waals surface area contributed by atoms with E-state index in [4.69, 9.17) is 12.2 Å². The number of aryl methyl sites for hydroxylation is 1. The highest BCUT2D eigenvalue weighted by atomic mass is 32.1. The Morgan fingerprint density at radius 2 is 1.70 bits per heavy atom. The summed E-state index contributed by atoms with van der Waals surface area (Å²) >= 11 is 5.75. The van der Waals surface area contributed by atoms with Gasteiger partial charge in [0.05, 0.1) is 12.4 Å². The Labute approximate surface area is 164 Å². The molecule has 3 aromatic rings. The van der Waals surface area contributed by atoms with Crippen LogP contribution in [-0.2, 0) is 6.67 Å². The summed E-state index contributed by atoms with van der Waals surface area (Å²) in [5.74, 6) is 0.815. The smallest absolute Gasteiger partial charge is 0.225 e. The molecule has 0 bridgehead atoms. The average molecular weight is 381 g/mol. The Hall–Kier alpha value is -2.51. The Kier molecular flexibility index (Phi) is 5.05. The normalized spacial score (nSPS) is 15.3. The molecular formula is C20H24N6S. The predicted molar refractivity (Wildman–Crippen MR) is 110 cm³/mol. The lowest BCUT2D eigenvalue weighted by atomic mass is 10.1. The molecular weight excluding hydrogens is 356 g/mol. The molecule has 0 spiro atoms. The molecule has 27 heavy (non-hydrogen) atoms. The zero-order valence-corrected chi connectivity index (χ0v) is 16.6. The molecule has 1 aromatic carbocycles. The van der Waals surface area contributed by atoms with Crippen molar-refractivity contribution in [3.05, 3.63) is 65.0 Å². The first-order valence-corrected chi connectivity index (χ1v) is 9.63. The van der Waals surface area contributed by atoms with Crippen LogP contribution in [0.15, 0.2) is 49.1 Å². The second-order valence-electron chi connectivity index (χ2n) is 6.93. The van der Waals surface area contributed by atoms with E-state index < -0.39 is 0 Å². The molecule has 1 aliphatic heterocycles. The average Bonchev–Trinajstić information content (AvgIpc) is 3.05. The van der Waals surface area contributed by atoms with Crippen molar-refractivity contribution in [1.29, 1.82) is 0 Å². The lowest BCUT2D eigenvalue weighted by molar-refractivity contribution is 0.204. The van der Waals surface area contributed by atoms with Gasteiger partial charge in [-0.25, -0.2) is 9.97 Å². The zero-order valence-electron chi connectivity index (χ0n) is 15.7. The topological polar surface area (TPSA) is 42.1 Å². The minimum Gasteiger partial charge on any atom is -0.338 e. The molecule has 0 N–H and O–H groups in total. The highest BCUT2D eigenvalue weighted by Crippen LogP contribution is 2.19. The van der Waals surface area contributed by atoms with E-state index in [0.717, 1.165) is 49.3 Å². The van der Waals surface area contributed by atoms with E-state index in [1.807, 2.05) is 6.07 Å². The van der Waals surface area contributed by atoms with Crippen LogP contribution in [0.25, 0.3) is 5.69 Å². The third-order valence-electron chi connectivity index (χ3n) is 5.24. The van der Waals surface area contributed by atoms with Gasteiger partial charge < -0.3 is 9.47 Å². The van der Waals surface area contributed by atoms with E-state index in [1.165, 1.54) is 11.1 Å². The van der Waals surface area contributed by atoms with Gasteiger partial charge in [-0.15, -0.1) is 0 Å². The molecule has 1 fully saturated rings. The number of hydrogen-bond acceptors (Lipinski definition) is 5. The summed E-state index contributed by atoms with van der Waals surface area (Å²) < 4.78 is 5.08. The summed E-state index contributed by atoms with van der Waals surface area (Å²) in [4.78, 5) is 13.4. The fourth-order valence-electron chi connectivity index (χ4n) is 3.46. The molecule has 0 aliphatic carbocycles. The molecule has 2 aromatic heterocycles. The summed E-state index contributed by atoms with van der Waals surface area (Å²) in [5, 5.41) is 0. The van der Waals surface area contributed by atoms with Gasteiger partial charge in [0.25, 0.3) is 0 Å². The molecule has 0 atom stereocenters. The van der Waals surface area contributed by atoms with Crippen molar-refractivity contribution in [2.24, 2.45) is 0 Å². The van der Waals surface area contributed by atoms with E-state index in [0.29, 0.717) is 0 Å². The third-order valence-corrected chi connectivity index (χ3v) is 5.67. The predicted octanol–water partition coefficient (Wildman–Crippen LogP) is 3.19. The fraction of sp³-hybridized carbons (Fsp3) is 0.350. The number of imidazole rings is 1. The molecule has 6 nitrogen and oxygen atoms in total. The van der Waals surface area contributed by atoms with Crippen molar-refractivity contribution in [2.45, 2.75) is 20.5 Å². The van der Waals surface area contributed by atoms with E-state index in [-0.39, 0.29) is 0 Å². The second kappa shape index (κ2) is 7.62. The summed E-state index contributed by atoms with van der Waals surface area (Å²) in [6, 6.07) is 8.19. The van der Waals surface area contributed by atoms with Crippen LogP contribution in [0.5, 0.6) is 0 Å². The van der Waals surface area contributed by atoms with Gasteiger partial charge in [-0.05, 0) is 49.3 Å². The molecule has 0 amide bonds. The van der Waals surface area contributed by atoms with E-state index in [2.05, 4.69) is 73.3 Å². The standard InChI is InChI=1S/C20H24N6S/c1-16-5-3-6-18(17(16)2)26-14-13-25(20(26)27)15-23-9-11-24(12-10-23)19-21-7-4-8-22-19/h3-8,13-14H,9-12,15H2,1-2H3. The van der Waals surface area contributed by atoms with Crippen LogP contribution in [0.3, 0.4) is 0 Å². The van der Waals surface area contributed by atoms with Crippen LogP contribution >= 0.6 is 12.2 Å². The number of piperazine rings is 1. The maximum absolute atomic E-state index is 5.75. The number of hydrogen-bond donors (Lipinski definition) is 0. The maximum atomic E-state index is 5.75. The molecule has 7 heteroatoms. The van der Waals surface area contributed by atoms with Crippen molar-refractivity contribution in [2.75, 3.05) is 31.1 Å². The van der Waals surface area contributed by atoms with Crippen LogP contribution in [-0.4, -0.2) is 50.2 Å². The summed E-state index contributed by atoms with van der Waals surface area (Å²) in [6.45, 7) is 8.87. The number of benzene rings is 1. The largest absolute Gasteiger partial charge is 0.338 e. The first-order chi connectivity index (χ1) is 13.1. The van der Waals surface area contributed by atoms with Crippen molar-refractivity contribution >= 4 is 18.2 Å². The lowest BCUT2D eigenvalue weighted by Crippen LogP contribution is -2.47. The van der Waals surface area contributed by atoms with E-state index in [9.17, 15) is 0 Å². The van der Waals surface area contributed by atoms with Crippen LogP contribution in [0.2, 0.25) is 0 Å². The summed E-state index contributed by atoms with van der Waals surface area (Å²) in [5.41, 5.74) is 3.70. The van der Waals surface area contributed by atoms with Gasteiger partial charge in [-0.3, -0.25) is 9.47 Å². The minimum atomic E-state index is 0.806. The molecule has 0 saturated carbocycles. The lowest BCUT2D eigenvalue weighted by Gasteiger charge is -2.34. The quantitative estimate of drug-likeness (QED) is 0.650. The number of aromatic nitrogens is 4. The molecule has 140 valence electrons. The van der Waals surface area contributed by atoms with Crippen molar-refractivity contribution in [3.63, 3.8) is 0 Å². The maximum Gasteiger partial charge on any atom is 0.225 e. The number of rotatable bonds is 4. The zero-order chi connectivity index (χ0) is 18.8. The summed E-state index contributed by atoms with van der Waals surface area (Å²) in [6.07, 6.45) is 7.74. The van der Waals surface area contributed by atoms with Crippen LogP contribution in [0, 0.1) is 18.6 Å². The van der Waals surface area contributed by atoms with Crippen LogP contribution < -0.4 is 4.90 Å². The van der Waals surface area contributed by atoms with Gasteiger partial charge in [0, 0.05) is 51.0 Å². The minimum absolute atomic E-state index is 0.806. The number of anilines is 1. The summed E-state index contributed by atoms with van der Waals surface area (Å²) in [7, 11) is 0. The first kappa shape index (κ1) is 17.9. The van der Waals surface area contributed by atoms with Gasteiger partial charge in [0.1, 0.15) is 0 Å². The Morgan fingerprint density at radius 1 is 0.963 bits per heavy atom. The molecule has 4 rings (SSSR count). The highest BCUT2D eigenvalue weighted by molar-refractivity contribution is 7.71. The van der Waals surface area contributed by atoms with Gasteiger partial charge in [0.15, 0.2) is 4.77 Å². The molecule has 1 aliphatic rings. The second-order valence-corrected chi connectivity index (χ2v) is 7.30. The van der Waals surface area contributed by atoms with Crippen molar-refractivity contribution in [3.8, 4) is 5.69 Å². The highest BCUT2D eigenvalue weighted by Gasteiger charge is 2.19. The molecule has 0 unspecified atom stereocenters. The molecule has 3 heterocycles. The molecule has 1 saturated heterocycles. The van der Waals surface area contributed by atoms with Gasteiger partial charge >= 0.3 is 0 Å². The SMILES string of the molecule is Cc1cccc(-n2ccn(CN3CCN(c4ncccn4)CC3)c2=S)c1C. The van der Waals surface area contributed by atoms with E-state index >= 15 is 0 Å². The molecule has 0 radical (unpaired) electrons. The van der Waals surface area contributed by atoms with Crippen molar-refractivity contribution in [1.82, 2.24) is 24.0 Å². The Morgan fingerprint density at radius 3 is 2.44 bits per heavy atom. The van der Waals surface area contributed by atoms with Crippen molar-refractivity contribution < 1.29 is 0 Å². The monoisotopic (exact) mass is 380 g/mol. The Balaban J connectivity index is 1.45. The van der Waals surface area contributed by atoms with Crippen LogP contribution in [0.4, 0.5) is 5.95 Å². The van der Waals surface area contributed by atoms with Gasteiger partial charge in [-0.2, -0.15) is 0 Å². The fourth-order valence-corrected chi connectivity index (χ4v) is 3.74.